The molecule has 3 nitrogen and oxygen atoms in total. The van der Waals surface area contributed by atoms with Gasteiger partial charge in [0.2, 0.25) is 0 Å². The van der Waals surface area contributed by atoms with Crippen molar-refractivity contribution in [1.29, 1.82) is 0 Å². The van der Waals surface area contributed by atoms with Gasteiger partial charge in [-0.05, 0) is 62.3 Å². The van der Waals surface area contributed by atoms with Crippen LogP contribution in [0.3, 0.4) is 0 Å². The monoisotopic (exact) mass is 277 g/mol. The Balaban J connectivity index is 1.76. The number of rotatable bonds is 8. The molecule has 0 aromatic heterocycles. The van der Waals surface area contributed by atoms with E-state index in [4.69, 9.17) is 4.74 Å². The highest BCUT2D eigenvalue weighted by Crippen LogP contribution is 2.24. The molecule has 0 radical (unpaired) electrons. The van der Waals surface area contributed by atoms with Crippen molar-refractivity contribution in [3.05, 3.63) is 34.9 Å². The van der Waals surface area contributed by atoms with Gasteiger partial charge in [-0.15, -0.1) is 0 Å². The summed E-state index contributed by atoms with van der Waals surface area (Å²) in [7, 11) is 0. The van der Waals surface area contributed by atoms with E-state index in [0.29, 0.717) is 6.54 Å². The Bertz CT molecular complexity index is 406. The van der Waals surface area contributed by atoms with Crippen LogP contribution < -0.4 is 5.32 Å². The van der Waals surface area contributed by atoms with Crippen LogP contribution in [0.15, 0.2) is 18.2 Å². The summed E-state index contributed by atoms with van der Waals surface area (Å²) in [6.45, 7) is 5.08. The Morgan fingerprint density at radius 1 is 1.25 bits per heavy atom. The van der Waals surface area contributed by atoms with Crippen LogP contribution in [-0.2, 0) is 17.6 Å². The summed E-state index contributed by atoms with van der Waals surface area (Å²) in [5.41, 5.74) is 3.95. The Morgan fingerprint density at radius 2 is 2.05 bits per heavy atom. The maximum absolute atomic E-state index is 10.2. The Kier molecular flexibility index (Phi) is 6.51. The van der Waals surface area contributed by atoms with Crippen LogP contribution in [0, 0.1) is 0 Å². The number of nitrogens with one attached hydrogen (secondary N) is 1. The predicted octanol–water partition coefficient (Wildman–Crippen LogP) is 2.62. The van der Waals surface area contributed by atoms with Gasteiger partial charge in [0, 0.05) is 19.8 Å². The number of hydrogen-bond donors (Lipinski definition) is 2. The fourth-order valence-electron chi connectivity index (χ4n) is 2.76. The molecule has 2 N–H and O–H groups in total. The van der Waals surface area contributed by atoms with Crippen molar-refractivity contribution < 1.29 is 9.84 Å². The van der Waals surface area contributed by atoms with Crippen molar-refractivity contribution >= 4 is 0 Å². The minimum Gasteiger partial charge on any atom is -0.387 e. The van der Waals surface area contributed by atoms with Crippen LogP contribution in [0.5, 0.6) is 0 Å². The van der Waals surface area contributed by atoms with E-state index in [1.165, 1.54) is 30.4 Å². The predicted molar refractivity (Wildman–Crippen MR) is 82.0 cm³/mol. The number of aliphatic hydroxyl groups is 1. The van der Waals surface area contributed by atoms with Crippen LogP contribution in [0.2, 0.25) is 0 Å². The molecular weight excluding hydrogens is 250 g/mol. The topological polar surface area (TPSA) is 41.5 Å². The molecule has 0 saturated carbocycles. The number of fused-ring (bicyclic) bond motifs is 1. The van der Waals surface area contributed by atoms with Gasteiger partial charge in [0.25, 0.3) is 0 Å². The molecule has 0 spiro atoms. The van der Waals surface area contributed by atoms with E-state index in [0.717, 1.165) is 38.2 Å². The quantitative estimate of drug-likeness (QED) is 0.718. The van der Waals surface area contributed by atoms with Gasteiger partial charge in [-0.3, -0.25) is 0 Å². The molecular formula is C17H27NO2. The molecule has 20 heavy (non-hydrogen) atoms. The lowest BCUT2D eigenvalue weighted by Crippen LogP contribution is -2.23. The van der Waals surface area contributed by atoms with Crippen molar-refractivity contribution in [1.82, 2.24) is 5.32 Å². The zero-order valence-electron chi connectivity index (χ0n) is 12.5. The van der Waals surface area contributed by atoms with Gasteiger partial charge in [0.1, 0.15) is 0 Å². The minimum atomic E-state index is -0.408. The van der Waals surface area contributed by atoms with Crippen molar-refractivity contribution in [3.63, 3.8) is 0 Å². The van der Waals surface area contributed by atoms with E-state index >= 15 is 0 Å². The number of ether oxygens (including phenoxy) is 1. The van der Waals surface area contributed by atoms with Gasteiger partial charge in [-0.1, -0.05) is 18.2 Å². The molecule has 0 amide bonds. The molecule has 1 unspecified atom stereocenters. The largest absolute Gasteiger partial charge is 0.387 e. The first kappa shape index (κ1) is 15.5. The van der Waals surface area contributed by atoms with Gasteiger partial charge in [-0.25, -0.2) is 0 Å². The highest BCUT2D eigenvalue weighted by atomic mass is 16.5. The lowest BCUT2D eigenvalue weighted by Gasteiger charge is -2.19. The van der Waals surface area contributed by atoms with Crippen molar-refractivity contribution in [2.75, 3.05) is 26.3 Å². The second-order valence-electron chi connectivity index (χ2n) is 5.51. The minimum absolute atomic E-state index is 0.408. The molecule has 0 fully saturated rings. The molecule has 1 aromatic rings. The lowest BCUT2D eigenvalue weighted by molar-refractivity contribution is 0.141. The fourth-order valence-corrected chi connectivity index (χ4v) is 2.76. The molecule has 112 valence electrons. The highest BCUT2D eigenvalue weighted by molar-refractivity contribution is 5.34. The summed E-state index contributed by atoms with van der Waals surface area (Å²) in [4.78, 5) is 0. The number of aliphatic hydroxyl groups excluding tert-OH is 1. The third kappa shape index (κ3) is 4.58. The fraction of sp³-hybridized carbons (Fsp3) is 0.647. The molecule has 3 heteroatoms. The lowest BCUT2D eigenvalue weighted by atomic mass is 9.89. The molecule has 1 aromatic carbocycles. The maximum atomic E-state index is 10.2. The number of hydrogen-bond acceptors (Lipinski definition) is 3. The van der Waals surface area contributed by atoms with E-state index in [-0.39, 0.29) is 0 Å². The van der Waals surface area contributed by atoms with Crippen LogP contribution in [-0.4, -0.2) is 31.4 Å². The molecule has 1 atom stereocenters. The summed E-state index contributed by atoms with van der Waals surface area (Å²) >= 11 is 0. The first-order valence-corrected chi connectivity index (χ1v) is 7.89. The first-order valence-electron chi connectivity index (χ1n) is 7.89. The summed E-state index contributed by atoms with van der Waals surface area (Å²) < 4.78 is 5.28. The van der Waals surface area contributed by atoms with E-state index < -0.39 is 6.10 Å². The van der Waals surface area contributed by atoms with Crippen LogP contribution >= 0.6 is 0 Å². The molecule has 1 aliphatic carbocycles. The van der Waals surface area contributed by atoms with Crippen molar-refractivity contribution in [3.8, 4) is 0 Å². The molecule has 0 aliphatic heterocycles. The smallest absolute Gasteiger partial charge is 0.0914 e. The van der Waals surface area contributed by atoms with Gasteiger partial charge < -0.3 is 15.2 Å². The third-order valence-corrected chi connectivity index (χ3v) is 3.94. The standard InChI is InChI=1S/C17H27NO2/c1-2-20-11-5-10-18-13-17(19)16-9-8-14-6-3-4-7-15(14)12-16/h8-9,12,17-19H,2-7,10-11,13H2,1H3. The Morgan fingerprint density at radius 3 is 2.85 bits per heavy atom. The van der Waals surface area contributed by atoms with Gasteiger partial charge in [0.05, 0.1) is 6.10 Å². The van der Waals surface area contributed by atoms with Crippen LogP contribution in [0.4, 0.5) is 0 Å². The molecule has 2 rings (SSSR count). The van der Waals surface area contributed by atoms with Crippen molar-refractivity contribution in [2.24, 2.45) is 0 Å². The maximum Gasteiger partial charge on any atom is 0.0914 e. The summed E-state index contributed by atoms with van der Waals surface area (Å²) in [6, 6.07) is 6.47. The summed E-state index contributed by atoms with van der Waals surface area (Å²) in [5, 5.41) is 13.5. The SMILES string of the molecule is CCOCCCNCC(O)c1ccc2c(c1)CCCC2. The average Bonchev–Trinajstić information content (AvgIpc) is 2.50. The zero-order valence-corrected chi connectivity index (χ0v) is 12.5. The highest BCUT2D eigenvalue weighted by Gasteiger charge is 2.13. The van der Waals surface area contributed by atoms with Gasteiger partial charge in [-0.2, -0.15) is 0 Å². The summed E-state index contributed by atoms with van der Waals surface area (Å²) in [5.74, 6) is 0. The van der Waals surface area contributed by atoms with Crippen LogP contribution in [0.25, 0.3) is 0 Å². The number of benzene rings is 1. The average molecular weight is 277 g/mol. The van der Waals surface area contributed by atoms with Crippen LogP contribution in [0.1, 0.15) is 49.0 Å². The molecule has 0 saturated heterocycles. The molecule has 0 heterocycles. The Labute approximate surface area is 122 Å². The third-order valence-electron chi connectivity index (χ3n) is 3.94. The first-order chi connectivity index (χ1) is 9.81. The number of aryl methyl sites for hydroxylation is 2. The summed E-state index contributed by atoms with van der Waals surface area (Å²) in [6.07, 6.45) is 5.52. The van der Waals surface area contributed by atoms with Crippen molar-refractivity contribution in [2.45, 2.75) is 45.1 Å². The van der Waals surface area contributed by atoms with E-state index in [9.17, 15) is 5.11 Å². The van der Waals surface area contributed by atoms with E-state index in [1.807, 2.05) is 6.92 Å². The molecule has 1 aliphatic rings. The Hall–Kier alpha value is -0.900. The van der Waals surface area contributed by atoms with Gasteiger partial charge in [0.15, 0.2) is 0 Å². The second kappa shape index (κ2) is 8.40. The van der Waals surface area contributed by atoms with E-state index in [1.54, 1.807) is 0 Å². The molecule has 0 bridgehead atoms. The zero-order chi connectivity index (χ0) is 14.2. The normalized spacial score (nSPS) is 15.9. The van der Waals surface area contributed by atoms with Gasteiger partial charge >= 0.3 is 0 Å². The van der Waals surface area contributed by atoms with E-state index in [2.05, 4.69) is 23.5 Å². The second-order valence-corrected chi connectivity index (χ2v) is 5.51.